The van der Waals surface area contributed by atoms with Crippen LogP contribution in [0.1, 0.15) is 48.9 Å². The van der Waals surface area contributed by atoms with E-state index in [0.717, 1.165) is 45.3 Å². The molecule has 8 heteroatoms. The van der Waals surface area contributed by atoms with Crippen LogP contribution in [0.15, 0.2) is 23.1 Å². The zero-order valence-corrected chi connectivity index (χ0v) is 17.2. The molecule has 2 heterocycles. The first kappa shape index (κ1) is 20.6. The van der Waals surface area contributed by atoms with Crippen LogP contribution in [-0.4, -0.2) is 57.9 Å². The van der Waals surface area contributed by atoms with Crippen molar-refractivity contribution in [1.29, 1.82) is 0 Å². The highest BCUT2D eigenvalue weighted by atomic mass is 35.5. The van der Waals surface area contributed by atoms with Crippen molar-refractivity contribution >= 4 is 27.5 Å². The Kier molecular flexibility index (Phi) is 7.14. The number of halogens is 1. The van der Waals surface area contributed by atoms with Crippen molar-refractivity contribution in [3.05, 3.63) is 28.8 Å². The second kappa shape index (κ2) is 9.37. The molecular weight excluding hydrogens is 386 g/mol. The Morgan fingerprint density at radius 1 is 1.07 bits per heavy atom. The quantitative estimate of drug-likeness (QED) is 0.737. The Hall–Kier alpha value is -1.15. The molecule has 1 amide bonds. The highest BCUT2D eigenvalue weighted by molar-refractivity contribution is 7.89. The van der Waals surface area contributed by atoms with Gasteiger partial charge >= 0.3 is 0 Å². The van der Waals surface area contributed by atoms with Crippen molar-refractivity contribution in [2.75, 3.05) is 39.3 Å². The Balaban J connectivity index is 1.69. The maximum absolute atomic E-state index is 13.0. The number of amides is 1. The van der Waals surface area contributed by atoms with E-state index in [1.54, 1.807) is 6.07 Å². The molecule has 1 aromatic rings. The predicted molar refractivity (Wildman–Crippen MR) is 106 cm³/mol. The number of carbonyl (C=O) groups is 1. The number of carbonyl (C=O) groups excluding carboxylic acids is 1. The number of benzene rings is 1. The standard InChI is InChI=1S/C19H28ClN3O3S/c20-17-8-7-16(19(24)21-9-14-22-10-5-6-11-22)15-18(17)27(25,26)23-12-3-1-2-4-13-23/h7-8,15H,1-6,9-14H2,(H,21,24)/p+1. The molecule has 0 spiro atoms. The zero-order valence-electron chi connectivity index (χ0n) is 15.7. The molecule has 0 radical (unpaired) electrons. The van der Waals surface area contributed by atoms with Crippen molar-refractivity contribution in [3.8, 4) is 0 Å². The lowest BCUT2D eigenvalue weighted by atomic mass is 10.2. The molecule has 2 N–H and O–H groups in total. The monoisotopic (exact) mass is 414 g/mol. The SMILES string of the molecule is O=C(NCC[NH+]1CCCC1)c1ccc(Cl)c(S(=O)(=O)N2CCCCCC2)c1. The molecule has 3 rings (SSSR count). The zero-order chi connectivity index (χ0) is 19.3. The van der Waals surface area contributed by atoms with Gasteiger partial charge in [0, 0.05) is 31.5 Å². The maximum Gasteiger partial charge on any atom is 0.251 e. The van der Waals surface area contributed by atoms with E-state index < -0.39 is 10.0 Å². The van der Waals surface area contributed by atoms with E-state index >= 15 is 0 Å². The minimum absolute atomic E-state index is 0.0314. The van der Waals surface area contributed by atoms with E-state index in [4.69, 9.17) is 11.6 Å². The number of likely N-dealkylation sites (tertiary alicyclic amines) is 1. The molecule has 0 atom stereocenters. The minimum atomic E-state index is -3.69. The fourth-order valence-electron chi connectivity index (χ4n) is 3.84. The molecule has 0 unspecified atom stereocenters. The van der Waals surface area contributed by atoms with E-state index in [2.05, 4.69) is 5.32 Å². The average molecular weight is 415 g/mol. The van der Waals surface area contributed by atoms with Gasteiger partial charge < -0.3 is 10.2 Å². The Morgan fingerprint density at radius 3 is 2.41 bits per heavy atom. The first-order valence-electron chi connectivity index (χ1n) is 9.90. The predicted octanol–water partition coefficient (Wildman–Crippen LogP) is 1.31. The summed E-state index contributed by atoms with van der Waals surface area (Å²) in [6, 6.07) is 4.51. The van der Waals surface area contributed by atoms with E-state index in [9.17, 15) is 13.2 Å². The first-order chi connectivity index (χ1) is 13.0. The van der Waals surface area contributed by atoms with Crippen molar-refractivity contribution in [2.45, 2.75) is 43.4 Å². The summed E-state index contributed by atoms with van der Waals surface area (Å²) in [6.07, 6.45) is 6.30. The van der Waals surface area contributed by atoms with Crippen LogP contribution in [0.2, 0.25) is 5.02 Å². The van der Waals surface area contributed by atoms with Crippen LogP contribution in [0.4, 0.5) is 0 Å². The fraction of sp³-hybridized carbons (Fsp3) is 0.632. The van der Waals surface area contributed by atoms with Gasteiger partial charge in [-0.05, 0) is 31.0 Å². The molecule has 0 bridgehead atoms. The number of hydrogen-bond acceptors (Lipinski definition) is 3. The molecule has 0 aromatic heterocycles. The van der Waals surface area contributed by atoms with Gasteiger partial charge in [0.1, 0.15) is 4.90 Å². The summed E-state index contributed by atoms with van der Waals surface area (Å²) in [4.78, 5) is 14.0. The molecule has 150 valence electrons. The van der Waals surface area contributed by atoms with Gasteiger partial charge in [-0.15, -0.1) is 0 Å². The Labute approximate surface area is 166 Å². The van der Waals surface area contributed by atoms with Gasteiger partial charge in [0.25, 0.3) is 5.91 Å². The summed E-state index contributed by atoms with van der Waals surface area (Å²) in [5, 5.41) is 3.07. The van der Waals surface area contributed by atoms with E-state index in [-0.39, 0.29) is 15.8 Å². The third-order valence-corrected chi connectivity index (χ3v) is 7.83. The molecule has 2 saturated heterocycles. The van der Waals surface area contributed by atoms with Gasteiger partial charge in [-0.2, -0.15) is 4.31 Å². The molecule has 27 heavy (non-hydrogen) atoms. The number of nitrogens with one attached hydrogen (secondary N) is 2. The van der Waals surface area contributed by atoms with Gasteiger partial charge in [-0.1, -0.05) is 24.4 Å². The summed E-state index contributed by atoms with van der Waals surface area (Å²) in [5.41, 5.74) is 0.337. The van der Waals surface area contributed by atoms with E-state index in [0.29, 0.717) is 25.2 Å². The average Bonchev–Trinajstić information content (AvgIpc) is 3.00. The smallest absolute Gasteiger partial charge is 0.251 e. The highest BCUT2D eigenvalue weighted by Gasteiger charge is 2.28. The minimum Gasteiger partial charge on any atom is -0.346 e. The lowest BCUT2D eigenvalue weighted by Crippen LogP contribution is -3.10. The molecule has 2 aliphatic heterocycles. The van der Waals surface area contributed by atoms with Crippen LogP contribution in [0.3, 0.4) is 0 Å². The number of hydrogen-bond donors (Lipinski definition) is 2. The second-order valence-electron chi connectivity index (χ2n) is 7.43. The summed E-state index contributed by atoms with van der Waals surface area (Å²) in [5.74, 6) is -0.252. The lowest BCUT2D eigenvalue weighted by Gasteiger charge is -2.21. The van der Waals surface area contributed by atoms with Crippen molar-refractivity contribution in [3.63, 3.8) is 0 Å². The molecular formula is C19H29ClN3O3S+. The molecule has 2 aliphatic rings. The van der Waals surface area contributed by atoms with Gasteiger partial charge in [-0.25, -0.2) is 8.42 Å². The Morgan fingerprint density at radius 2 is 1.74 bits per heavy atom. The highest BCUT2D eigenvalue weighted by Crippen LogP contribution is 2.27. The van der Waals surface area contributed by atoms with E-state index in [1.807, 2.05) is 0 Å². The number of sulfonamides is 1. The van der Waals surface area contributed by atoms with Crippen LogP contribution in [0.25, 0.3) is 0 Å². The molecule has 1 aromatic carbocycles. The van der Waals surface area contributed by atoms with Gasteiger partial charge in [0.15, 0.2) is 0 Å². The van der Waals surface area contributed by atoms with Gasteiger partial charge in [0.2, 0.25) is 10.0 Å². The molecule has 6 nitrogen and oxygen atoms in total. The van der Waals surface area contributed by atoms with Gasteiger partial charge in [0.05, 0.1) is 31.2 Å². The van der Waals surface area contributed by atoms with Crippen LogP contribution in [-0.2, 0) is 10.0 Å². The summed E-state index contributed by atoms with van der Waals surface area (Å²) < 4.78 is 27.6. The van der Waals surface area contributed by atoms with Crippen LogP contribution in [0.5, 0.6) is 0 Å². The summed E-state index contributed by atoms with van der Waals surface area (Å²) in [7, 11) is -3.69. The second-order valence-corrected chi connectivity index (χ2v) is 9.74. The van der Waals surface area contributed by atoms with Crippen LogP contribution in [0, 0.1) is 0 Å². The number of rotatable bonds is 6. The number of nitrogens with zero attached hydrogens (tertiary/aromatic N) is 1. The van der Waals surface area contributed by atoms with Crippen molar-refractivity contribution < 1.29 is 18.1 Å². The maximum atomic E-state index is 13.0. The largest absolute Gasteiger partial charge is 0.346 e. The molecule has 0 aliphatic carbocycles. The van der Waals surface area contributed by atoms with Gasteiger partial charge in [-0.3, -0.25) is 4.79 Å². The van der Waals surface area contributed by atoms with Crippen LogP contribution < -0.4 is 10.2 Å². The number of quaternary nitrogens is 1. The van der Waals surface area contributed by atoms with E-state index in [1.165, 1.54) is 34.2 Å². The summed E-state index contributed by atoms with van der Waals surface area (Å²) >= 11 is 6.20. The topological polar surface area (TPSA) is 70.9 Å². The normalized spacial score (nSPS) is 19.7. The first-order valence-corrected chi connectivity index (χ1v) is 11.7. The Bertz CT molecular complexity index is 755. The third-order valence-electron chi connectivity index (χ3n) is 5.45. The summed E-state index contributed by atoms with van der Waals surface area (Å²) in [6.45, 7) is 4.83. The van der Waals surface area contributed by atoms with Crippen LogP contribution >= 0.6 is 11.6 Å². The third kappa shape index (κ3) is 5.22. The van der Waals surface area contributed by atoms with Crippen molar-refractivity contribution in [2.24, 2.45) is 0 Å². The lowest BCUT2D eigenvalue weighted by molar-refractivity contribution is -0.886. The molecule has 2 fully saturated rings. The molecule has 0 saturated carbocycles. The van der Waals surface area contributed by atoms with Crippen molar-refractivity contribution in [1.82, 2.24) is 9.62 Å². The fourth-order valence-corrected chi connectivity index (χ4v) is 5.86.